The molecule has 0 heterocycles. The third-order valence-electron chi connectivity index (χ3n) is 3.81. The molecule has 0 saturated carbocycles. The van der Waals surface area contributed by atoms with Crippen LogP contribution < -0.4 is 14.8 Å². The summed E-state index contributed by atoms with van der Waals surface area (Å²) in [5.41, 5.74) is 2.20. The van der Waals surface area contributed by atoms with Crippen LogP contribution in [0.1, 0.15) is 24.2 Å². The molecule has 2 aromatic carbocycles. The number of ether oxygens (including phenoxy) is 3. The first-order valence-electron chi connectivity index (χ1n) is 8.34. The van der Waals surface area contributed by atoms with Gasteiger partial charge in [0, 0.05) is 13.7 Å². The fraction of sp³-hybridized carbons (Fsp3) is 0.350. The summed E-state index contributed by atoms with van der Waals surface area (Å²) in [5, 5.41) is 2.85. The van der Waals surface area contributed by atoms with Gasteiger partial charge in [0.05, 0.1) is 12.7 Å². The predicted molar refractivity (Wildman–Crippen MR) is 97.0 cm³/mol. The first-order chi connectivity index (χ1) is 12.1. The number of aryl methyl sites for hydroxylation is 1. The third kappa shape index (κ3) is 5.80. The van der Waals surface area contributed by atoms with E-state index in [1.54, 1.807) is 19.2 Å². The van der Waals surface area contributed by atoms with Gasteiger partial charge in [0.25, 0.3) is 5.91 Å². The van der Waals surface area contributed by atoms with Gasteiger partial charge in [-0.1, -0.05) is 24.3 Å². The van der Waals surface area contributed by atoms with Gasteiger partial charge in [0.15, 0.2) is 6.61 Å². The molecule has 2 aromatic rings. The fourth-order valence-corrected chi connectivity index (χ4v) is 2.47. The quantitative estimate of drug-likeness (QED) is 0.759. The molecule has 1 atom stereocenters. The summed E-state index contributed by atoms with van der Waals surface area (Å²) in [6.07, 6.45) is -0.185. The minimum atomic E-state index is -0.190. The average Bonchev–Trinajstić information content (AvgIpc) is 2.63. The van der Waals surface area contributed by atoms with Gasteiger partial charge in [-0.05, 0) is 49.2 Å². The third-order valence-corrected chi connectivity index (χ3v) is 3.81. The van der Waals surface area contributed by atoms with Gasteiger partial charge in [0.1, 0.15) is 11.5 Å². The van der Waals surface area contributed by atoms with E-state index in [0.717, 1.165) is 16.9 Å². The largest absolute Gasteiger partial charge is 0.494 e. The van der Waals surface area contributed by atoms with Gasteiger partial charge < -0.3 is 19.5 Å². The maximum atomic E-state index is 12.0. The zero-order chi connectivity index (χ0) is 18.1. The molecule has 5 nitrogen and oxygen atoms in total. The monoisotopic (exact) mass is 343 g/mol. The highest BCUT2D eigenvalue weighted by atomic mass is 16.5. The Balaban J connectivity index is 1.80. The van der Waals surface area contributed by atoms with Crippen molar-refractivity contribution in [2.75, 3.05) is 26.9 Å². The lowest BCUT2D eigenvalue weighted by Crippen LogP contribution is -2.33. The van der Waals surface area contributed by atoms with Crippen molar-refractivity contribution in [3.63, 3.8) is 0 Å². The maximum Gasteiger partial charge on any atom is 0.258 e. The van der Waals surface area contributed by atoms with Crippen molar-refractivity contribution in [2.45, 2.75) is 20.0 Å². The number of rotatable bonds is 9. The molecule has 0 bridgehead atoms. The summed E-state index contributed by atoms with van der Waals surface area (Å²) in [6.45, 7) is 4.92. The summed E-state index contributed by atoms with van der Waals surface area (Å²) in [5.74, 6) is 1.21. The number of hydrogen-bond donors (Lipinski definition) is 1. The summed E-state index contributed by atoms with van der Waals surface area (Å²) in [6, 6.07) is 15.2. The molecule has 25 heavy (non-hydrogen) atoms. The number of methoxy groups -OCH3 is 1. The lowest BCUT2D eigenvalue weighted by molar-refractivity contribution is -0.123. The summed E-state index contributed by atoms with van der Waals surface area (Å²) >= 11 is 0. The molecule has 5 heteroatoms. The van der Waals surface area contributed by atoms with Crippen LogP contribution in [-0.2, 0) is 9.53 Å². The Morgan fingerprint density at radius 2 is 1.68 bits per heavy atom. The summed E-state index contributed by atoms with van der Waals surface area (Å²) in [7, 11) is 1.64. The standard InChI is InChI=1S/C20H25NO4/c1-4-24-16-9-11-17(12-10-16)25-14-20(22)21-13-19(23-3)18-8-6-5-7-15(18)2/h5-12,19H,4,13-14H2,1-3H3,(H,21,22). The van der Waals surface area contributed by atoms with Gasteiger partial charge in [-0.2, -0.15) is 0 Å². The van der Waals surface area contributed by atoms with Crippen molar-refractivity contribution in [3.8, 4) is 11.5 Å². The Labute approximate surface area is 148 Å². The highest BCUT2D eigenvalue weighted by Crippen LogP contribution is 2.20. The van der Waals surface area contributed by atoms with E-state index in [4.69, 9.17) is 14.2 Å². The zero-order valence-electron chi connectivity index (χ0n) is 15.0. The normalized spacial score (nSPS) is 11.6. The van der Waals surface area contributed by atoms with Gasteiger partial charge in [0.2, 0.25) is 0 Å². The van der Waals surface area contributed by atoms with Crippen molar-refractivity contribution in [2.24, 2.45) is 0 Å². The van der Waals surface area contributed by atoms with Crippen LogP contribution in [0.15, 0.2) is 48.5 Å². The molecule has 1 unspecified atom stereocenters. The summed E-state index contributed by atoms with van der Waals surface area (Å²) < 4.78 is 16.4. The van der Waals surface area contributed by atoms with Crippen LogP contribution in [-0.4, -0.2) is 32.8 Å². The Bertz CT molecular complexity index is 670. The van der Waals surface area contributed by atoms with E-state index in [-0.39, 0.29) is 18.6 Å². The molecule has 0 radical (unpaired) electrons. The molecule has 0 aliphatic carbocycles. The molecule has 1 amide bonds. The molecule has 1 N–H and O–H groups in total. The van der Waals surface area contributed by atoms with Crippen LogP contribution in [0, 0.1) is 6.92 Å². The Morgan fingerprint density at radius 3 is 2.28 bits per heavy atom. The highest BCUT2D eigenvalue weighted by molar-refractivity contribution is 5.77. The fourth-order valence-electron chi connectivity index (χ4n) is 2.47. The number of nitrogens with one attached hydrogen (secondary N) is 1. The average molecular weight is 343 g/mol. The molecule has 0 saturated heterocycles. The van der Waals surface area contributed by atoms with Crippen molar-refractivity contribution in [1.82, 2.24) is 5.32 Å². The molecule has 2 rings (SSSR count). The van der Waals surface area contributed by atoms with Gasteiger partial charge >= 0.3 is 0 Å². The second kappa shape index (κ2) is 9.69. The molecule has 0 aliphatic heterocycles. The number of benzene rings is 2. The molecule has 134 valence electrons. The van der Waals surface area contributed by atoms with Crippen LogP contribution in [0.4, 0.5) is 0 Å². The van der Waals surface area contributed by atoms with Gasteiger partial charge in [-0.25, -0.2) is 0 Å². The molecule has 0 aliphatic rings. The van der Waals surface area contributed by atoms with E-state index in [1.807, 2.05) is 50.2 Å². The Kier molecular flexibility index (Phi) is 7.29. The number of hydrogen-bond acceptors (Lipinski definition) is 4. The molecule has 0 spiro atoms. The topological polar surface area (TPSA) is 56.8 Å². The first-order valence-corrected chi connectivity index (χ1v) is 8.34. The smallest absolute Gasteiger partial charge is 0.258 e. The molecular weight excluding hydrogens is 318 g/mol. The SMILES string of the molecule is CCOc1ccc(OCC(=O)NCC(OC)c2ccccc2C)cc1. The number of carbonyl (C=O) groups is 1. The zero-order valence-corrected chi connectivity index (χ0v) is 15.0. The summed E-state index contributed by atoms with van der Waals surface area (Å²) in [4.78, 5) is 12.0. The second-order valence-corrected chi connectivity index (χ2v) is 5.58. The van der Waals surface area contributed by atoms with Crippen molar-refractivity contribution in [1.29, 1.82) is 0 Å². The molecule has 0 fully saturated rings. The van der Waals surface area contributed by atoms with Crippen molar-refractivity contribution in [3.05, 3.63) is 59.7 Å². The second-order valence-electron chi connectivity index (χ2n) is 5.58. The van der Waals surface area contributed by atoms with E-state index >= 15 is 0 Å². The molecular formula is C20H25NO4. The van der Waals surface area contributed by atoms with Crippen LogP contribution in [0.2, 0.25) is 0 Å². The van der Waals surface area contributed by atoms with Gasteiger partial charge in [-0.3, -0.25) is 4.79 Å². The number of amides is 1. The minimum Gasteiger partial charge on any atom is -0.494 e. The van der Waals surface area contributed by atoms with Crippen LogP contribution in [0.25, 0.3) is 0 Å². The van der Waals surface area contributed by atoms with E-state index in [1.165, 1.54) is 0 Å². The van der Waals surface area contributed by atoms with E-state index < -0.39 is 0 Å². The lowest BCUT2D eigenvalue weighted by atomic mass is 10.0. The lowest BCUT2D eigenvalue weighted by Gasteiger charge is -2.18. The van der Waals surface area contributed by atoms with Crippen LogP contribution >= 0.6 is 0 Å². The van der Waals surface area contributed by atoms with E-state index in [0.29, 0.717) is 18.9 Å². The highest BCUT2D eigenvalue weighted by Gasteiger charge is 2.14. The minimum absolute atomic E-state index is 0.0435. The van der Waals surface area contributed by atoms with E-state index in [2.05, 4.69) is 5.32 Å². The Morgan fingerprint density at radius 1 is 1.04 bits per heavy atom. The number of carbonyl (C=O) groups excluding carboxylic acids is 1. The first kappa shape index (κ1) is 18.8. The van der Waals surface area contributed by atoms with Crippen LogP contribution in [0.5, 0.6) is 11.5 Å². The van der Waals surface area contributed by atoms with E-state index in [9.17, 15) is 4.79 Å². The van der Waals surface area contributed by atoms with Crippen LogP contribution in [0.3, 0.4) is 0 Å². The van der Waals surface area contributed by atoms with Crippen molar-refractivity contribution < 1.29 is 19.0 Å². The predicted octanol–water partition coefficient (Wildman–Crippen LogP) is 3.28. The maximum absolute atomic E-state index is 12.0. The molecule has 0 aromatic heterocycles. The van der Waals surface area contributed by atoms with Gasteiger partial charge in [-0.15, -0.1) is 0 Å². The Hall–Kier alpha value is -2.53. The van der Waals surface area contributed by atoms with Crippen molar-refractivity contribution >= 4 is 5.91 Å².